The van der Waals surface area contributed by atoms with Crippen molar-refractivity contribution >= 4 is 11.7 Å². The fourth-order valence-corrected chi connectivity index (χ4v) is 1.34. The van der Waals surface area contributed by atoms with Gasteiger partial charge in [0.05, 0.1) is 11.5 Å². The molecule has 3 N–H and O–H groups in total. The molecule has 1 unspecified atom stereocenters. The topological polar surface area (TPSA) is 63.3 Å². The highest BCUT2D eigenvalue weighted by molar-refractivity contribution is 5.78. The van der Waals surface area contributed by atoms with E-state index in [2.05, 4.69) is 0 Å². The Labute approximate surface area is 89.7 Å². The maximum Gasteiger partial charge on any atom is 0.418 e. The summed E-state index contributed by atoms with van der Waals surface area (Å²) < 4.78 is 37.4. The molecule has 1 atom stereocenters. The number of aliphatic carboxylic acids is 1. The van der Waals surface area contributed by atoms with E-state index in [4.69, 9.17) is 10.8 Å². The molecule has 0 bridgehead atoms. The van der Waals surface area contributed by atoms with Gasteiger partial charge in [-0.15, -0.1) is 0 Å². The van der Waals surface area contributed by atoms with E-state index in [9.17, 15) is 18.0 Å². The Morgan fingerprint density at radius 3 is 2.44 bits per heavy atom. The van der Waals surface area contributed by atoms with Crippen molar-refractivity contribution in [3.8, 4) is 0 Å². The Morgan fingerprint density at radius 1 is 1.44 bits per heavy atom. The Bertz CT molecular complexity index is 415. The molecule has 0 radical (unpaired) electrons. The van der Waals surface area contributed by atoms with E-state index < -0.39 is 29.3 Å². The summed E-state index contributed by atoms with van der Waals surface area (Å²) in [6.45, 7) is 1.29. The summed E-state index contributed by atoms with van der Waals surface area (Å²) in [5, 5.41) is 8.72. The fraction of sp³-hybridized carbons (Fsp3) is 0.300. The summed E-state index contributed by atoms with van der Waals surface area (Å²) in [6.07, 6.45) is -4.57. The monoisotopic (exact) mass is 233 g/mol. The minimum atomic E-state index is -4.57. The normalized spacial score (nSPS) is 13.5. The van der Waals surface area contributed by atoms with E-state index in [1.807, 2.05) is 0 Å². The predicted molar refractivity (Wildman–Crippen MR) is 51.9 cm³/mol. The summed E-state index contributed by atoms with van der Waals surface area (Å²) in [5.74, 6) is -2.28. The van der Waals surface area contributed by atoms with E-state index in [0.717, 1.165) is 12.1 Å². The molecule has 1 aromatic rings. The molecule has 0 saturated carbocycles. The van der Waals surface area contributed by atoms with Gasteiger partial charge >= 0.3 is 12.1 Å². The molecule has 0 aliphatic heterocycles. The maximum atomic E-state index is 12.5. The van der Waals surface area contributed by atoms with Crippen molar-refractivity contribution in [2.45, 2.75) is 19.0 Å². The average Bonchev–Trinajstić information content (AvgIpc) is 2.15. The van der Waals surface area contributed by atoms with Crippen molar-refractivity contribution in [2.75, 3.05) is 5.73 Å². The van der Waals surface area contributed by atoms with E-state index in [-0.39, 0.29) is 5.56 Å². The minimum absolute atomic E-state index is 0.0256. The van der Waals surface area contributed by atoms with Gasteiger partial charge in [0.15, 0.2) is 0 Å². The molecule has 0 aromatic heterocycles. The Kier molecular flexibility index (Phi) is 3.11. The van der Waals surface area contributed by atoms with Crippen LogP contribution in [0.1, 0.15) is 24.0 Å². The van der Waals surface area contributed by atoms with Crippen LogP contribution in [-0.4, -0.2) is 11.1 Å². The number of carboxylic acids is 1. The first-order valence-electron chi connectivity index (χ1n) is 4.43. The number of carbonyl (C=O) groups is 1. The molecule has 0 heterocycles. The molecule has 0 spiro atoms. The minimum Gasteiger partial charge on any atom is -0.481 e. The summed E-state index contributed by atoms with van der Waals surface area (Å²) in [5.41, 5.74) is 3.77. The lowest BCUT2D eigenvalue weighted by atomic mass is 9.96. The van der Waals surface area contributed by atoms with E-state index in [0.29, 0.717) is 0 Å². The molecule has 0 aliphatic rings. The second-order valence-electron chi connectivity index (χ2n) is 3.37. The lowest BCUT2D eigenvalue weighted by molar-refractivity contribution is -0.139. The Morgan fingerprint density at radius 2 is 2.00 bits per heavy atom. The summed E-state index contributed by atoms with van der Waals surface area (Å²) in [7, 11) is 0. The smallest absolute Gasteiger partial charge is 0.418 e. The lowest BCUT2D eigenvalue weighted by Gasteiger charge is -2.15. The van der Waals surface area contributed by atoms with E-state index in [1.54, 1.807) is 0 Å². The summed E-state index contributed by atoms with van der Waals surface area (Å²) in [4.78, 5) is 10.7. The van der Waals surface area contributed by atoms with E-state index in [1.165, 1.54) is 13.0 Å². The zero-order chi connectivity index (χ0) is 12.5. The SMILES string of the molecule is CC(C(=O)O)c1cccc(C(F)(F)F)c1N. The molecule has 1 aromatic carbocycles. The molecular weight excluding hydrogens is 223 g/mol. The number of alkyl halides is 3. The quantitative estimate of drug-likeness (QED) is 0.771. The van der Waals surface area contributed by atoms with Crippen LogP contribution in [0.4, 0.5) is 18.9 Å². The molecule has 1 rings (SSSR count). The molecule has 3 nitrogen and oxygen atoms in total. The number of anilines is 1. The molecule has 0 saturated heterocycles. The van der Waals surface area contributed by atoms with Crippen LogP contribution in [0.25, 0.3) is 0 Å². The molecule has 0 amide bonds. The summed E-state index contributed by atoms with van der Waals surface area (Å²) in [6, 6.07) is 3.25. The second kappa shape index (κ2) is 4.03. The third-order valence-corrected chi connectivity index (χ3v) is 2.28. The van der Waals surface area contributed by atoms with Gasteiger partial charge in [-0.05, 0) is 18.6 Å². The van der Waals surface area contributed by atoms with Gasteiger partial charge in [-0.2, -0.15) is 13.2 Å². The number of hydrogen-bond donors (Lipinski definition) is 2. The van der Waals surface area contributed by atoms with Crippen LogP contribution in [0.5, 0.6) is 0 Å². The number of para-hydroxylation sites is 1. The van der Waals surface area contributed by atoms with Gasteiger partial charge in [-0.25, -0.2) is 0 Å². The van der Waals surface area contributed by atoms with Gasteiger partial charge in [-0.3, -0.25) is 4.79 Å². The van der Waals surface area contributed by atoms with Crippen LogP contribution in [0.2, 0.25) is 0 Å². The molecular formula is C10H10F3NO2. The number of hydrogen-bond acceptors (Lipinski definition) is 2. The average molecular weight is 233 g/mol. The highest BCUT2D eigenvalue weighted by Crippen LogP contribution is 2.36. The van der Waals surface area contributed by atoms with Crippen LogP contribution < -0.4 is 5.73 Å². The van der Waals surface area contributed by atoms with E-state index >= 15 is 0 Å². The highest BCUT2D eigenvalue weighted by Gasteiger charge is 2.34. The molecule has 16 heavy (non-hydrogen) atoms. The first-order valence-corrected chi connectivity index (χ1v) is 4.43. The van der Waals surface area contributed by atoms with Crippen LogP contribution >= 0.6 is 0 Å². The molecule has 0 fully saturated rings. The molecule has 6 heteroatoms. The first-order chi connectivity index (χ1) is 7.25. The lowest BCUT2D eigenvalue weighted by Crippen LogP contribution is -2.15. The Hall–Kier alpha value is -1.72. The number of halogens is 3. The van der Waals surface area contributed by atoms with Gasteiger partial charge in [0.25, 0.3) is 0 Å². The maximum absolute atomic E-state index is 12.5. The van der Waals surface area contributed by atoms with Crippen molar-refractivity contribution in [1.82, 2.24) is 0 Å². The first kappa shape index (κ1) is 12.4. The van der Waals surface area contributed by atoms with Crippen molar-refractivity contribution < 1.29 is 23.1 Å². The fourth-order valence-electron chi connectivity index (χ4n) is 1.34. The third kappa shape index (κ3) is 2.26. The predicted octanol–water partition coefficient (Wildman–Crippen LogP) is 2.48. The van der Waals surface area contributed by atoms with Gasteiger partial charge in [0, 0.05) is 5.69 Å². The van der Waals surface area contributed by atoms with Gasteiger partial charge in [0.1, 0.15) is 0 Å². The van der Waals surface area contributed by atoms with Crippen LogP contribution in [0.3, 0.4) is 0 Å². The second-order valence-corrected chi connectivity index (χ2v) is 3.37. The Balaban J connectivity index is 3.30. The number of nitrogen functional groups attached to an aromatic ring is 1. The number of benzene rings is 1. The van der Waals surface area contributed by atoms with Crippen molar-refractivity contribution in [2.24, 2.45) is 0 Å². The van der Waals surface area contributed by atoms with Gasteiger partial charge in [-0.1, -0.05) is 12.1 Å². The highest BCUT2D eigenvalue weighted by atomic mass is 19.4. The number of carboxylic acid groups (broad SMARTS) is 1. The number of nitrogens with two attached hydrogens (primary N) is 1. The van der Waals surface area contributed by atoms with Gasteiger partial charge in [0.2, 0.25) is 0 Å². The number of rotatable bonds is 2. The van der Waals surface area contributed by atoms with Crippen LogP contribution in [0.15, 0.2) is 18.2 Å². The zero-order valence-electron chi connectivity index (χ0n) is 8.38. The van der Waals surface area contributed by atoms with Gasteiger partial charge < -0.3 is 10.8 Å². The summed E-state index contributed by atoms with van der Waals surface area (Å²) >= 11 is 0. The molecule has 0 aliphatic carbocycles. The zero-order valence-corrected chi connectivity index (χ0v) is 8.38. The third-order valence-electron chi connectivity index (χ3n) is 2.28. The van der Waals surface area contributed by atoms with Crippen molar-refractivity contribution in [3.05, 3.63) is 29.3 Å². The standard InChI is InChI=1S/C10H10F3NO2/c1-5(9(15)16)6-3-2-4-7(8(6)14)10(11,12)13/h2-5H,14H2,1H3,(H,15,16). The van der Waals surface area contributed by atoms with Crippen molar-refractivity contribution in [3.63, 3.8) is 0 Å². The molecule has 88 valence electrons. The van der Waals surface area contributed by atoms with Crippen molar-refractivity contribution in [1.29, 1.82) is 0 Å². The van der Waals surface area contributed by atoms with Crippen LogP contribution in [0, 0.1) is 0 Å². The van der Waals surface area contributed by atoms with Crippen LogP contribution in [-0.2, 0) is 11.0 Å². The largest absolute Gasteiger partial charge is 0.481 e.